The summed E-state index contributed by atoms with van der Waals surface area (Å²) in [7, 11) is 0. The quantitative estimate of drug-likeness (QED) is 0.816. The maximum atomic E-state index is 5.36. The number of rotatable bonds is 4. The number of nitrogens with zero attached hydrogens (tertiary/aromatic N) is 1. The molecule has 17 heavy (non-hydrogen) atoms. The van der Waals surface area contributed by atoms with Crippen molar-refractivity contribution in [2.75, 3.05) is 0 Å². The van der Waals surface area contributed by atoms with Crippen molar-refractivity contribution in [3.05, 3.63) is 38.5 Å². The first kappa shape index (κ1) is 12.6. The maximum Gasteiger partial charge on any atom is 0.177 e. The smallest absolute Gasteiger partial charge is 0.177 e. The summed E-state index contributed by atoms with van der Waals surface area (Å²) in [6, 6.07) is 2.21. The number of nitrogens with one attached hydrogen (secondary N) is 1. The Labute approximate surface area is 111 Å². The first-order valence-corrected chi connectivity index (χ1v) is 7.25. The fourth-order valence-electron chi connectivity index (χ4n) is 2.01. The van der Waals surface area contributed by atoms with Crippen molar-refractivity contribution in [2.24, 2.45) is 0 Å². The highest BCUT2D eigenvalue weighted by atomic mass is 32.1. The lowest BCUT2D eigenvalue weighted by Gasteiger charge is -2.10. The number of hydrogen-bond acceptors (Lipinski definition) is 2. The predicted molar refractivity (Wildman–Crippen MR) is 76.5 cm³/mol. The number of imidazole rings is 1. The monoisotopic (exact) mass is 266 g/mol. The molecule has 0 amide bonds. The number of aryl methyl sites for hydroxylation is 1. The third-order valence-electron chi connectivity index (χ3n) is 3.01. The number of aromatic amines is 1. The minimum Gasteiger partial charge on any atom is -0.337 e. The van der Waals surface area contributed by atoms with Crippen molar-refractivity contribution in [1.82, 2.24) is 9.55 Å². The Balaban J connectivity index is 2.36. The summed E-state index contributed by atoms with van der Waals surface area (Å²) in [5.74, 6) is 0.494. The molecule has 0 aliphatic rings. The molecular formula is C13H18N2S2. The molecule has 2 aromatic rings. The van der Waals surface area contributed by atoms with Gasteiger partial charge < -0.3 is 9.55 Å². The van der Waals surface area contributed by atoms with Gasteiger partial charge in [-0.25, -0.2) is 0 Å². The lowest BCUT2D eigenvalue weighted by Crippen LogP contribution is -2.06. The molecule has 0 spiro atoms. The van der Waals surface area contributed by atoms with Crippen molar-refractivity contribution >= 4 is 23.6 Å². The molecule has 0 aromatic carbocycles. The van der Waals surface area contributed by atoms with Crippen LogP contribution in [-0.2, 0) is 13.0 Å². The summed E-state index contributed by atoms with van der Waals surface area (Å²) < 4.78 is 3.04. The van der Waals surface area contributed by atoms with Crippen LogP contribution < -0.4 is 0 Å². The van der Waals surface area contributed by atoms with Gasteiger partial charge in [-0.2, -0.15) is 0 Å². The van der Waals surface area contributed by atoms with E-state index in [4.69, 9.17) is 12.2 Å². The second kappa shape index (κ2) is 5.19. The Bertz CT molecular complexity index is 546. The van der Waals surface area contributed by atoms with Gasteiger partial charge in [0.2, 0.25) is 0 Å². The van der Waals surface area contributed by atoms with Gasteiger partial charge in [0.05, 0.1) is 6.54 Å². The summed E-state index contributed by atoms with van der Waals surface area (Å²) in [5.41, 5.74) is 2.72. The van der Waals surface area contributed by atoms with Crippen LogP contribution in [0.3, 0.4) is 0 Å². The molecule has 0 saturated carbocycles. The first-order chi connectivity index (χ1) is 8.13. The number of thiophene rings is 1. The van der Waals surface area contributed by atoms with Gasteiger partial charge in [-0.3, -0.25) is 0 Å². The standard InChI is InChI=1S/C13H18N2S2/c1-4-10-5-6-17-12(10)8-15-11(9(2)3)7-14-13(15)16/h5-7,9H,4,8H2,1-3H3,(H,14,16). The van der Waals surface area contributed by atoms with E-state index in [0.717, 1.165) is 17.7 Å². The van der Waals surface area contributed by atoms with Crippen molar-refractivity contribution in [3.63, 3.8) is 0 Å². The van der Waals surface area contributed by atoms with Gasteiger partial charge >= 0.3 is 0 Å². The fourth-order valence-corrected chi connectivity index (χ4v) is 3.21. The molecule has 2 rings (SSSR count). The molecule has 0 aliphatic heterocycles. The molecule has 0 bridgehead atoms. The van der Waals surface area contributed by atoms with Gasteiger partial charge in [-0.1, -0.05) is 20.8 Å². The Kier molecular flexibility index (Phi) is 3.84. The highest BCUT2D eigenvalue weighted by Crippen LogP contribution is 2.22. The Morgan fingerprint density at radius 1 is 1.47 bits per heavy atom. The second-order valence-corrected chi connectivity index (χ2v) is 5.87. The van der Waals surface area contributed by atoms with Crippen LogP contribution in [-0.4, -0.2) is 9.55 Å². The van der Waals surface area contributed by atoms with Crippen LogP contribution in [0.2, 0.25) is 0 Å². The molecule has 2 heterocycles. The average molecular weight is 266 g/mol. The van der Waals surface area contributed by atoms with Crippen LogP contribution in [0.4, 0.5) is 0 Å². The van der Waals surface area contributed by atoms with Crippen LogP contribution >= 0.6 is 23.6 Å². The normalized spacial score (nSPS) is 11.3. The minimum absolute atomic E-state index is 0.494. The number of H-pyrrole nitrogens is 1. The lowest BCUT2D eigenvalue weighted by atomic mass is 10.1. The second-order valence-electron chi connectivity index (χ2n) is 4.48. The maximum absolute atomic E-state index is 5.36. The Hall–Kier alpha value is -0.870. The van der Waals surface area contributed by atoms with Crippen molar-refractivity contribution < 1.29 is 0 Å². The molecule has 0 fully saturated rings. The van der Waals surface area contributed by atoms with E-state index in [2.05, 4.69) is 41.8 Å². The molecule has 0 atom stereocenters. The van der Waals surface area contributed by atoms with Gasteiger partial charge in [0.25, 0.3) is 0 Å². The molecule has 1 N–H and O–H groups in total. The predicted octanol–water partition coefficient (Wildman–Crippen LogP) is 4.34. The summed E-state index contributed by atoms with van der Waals surface area (Å²) in [6.07, 6.45) is 3.12. The Morgan fingerprint density at radius 2 is 2.24 bits per heavy atom. The Morgan fingerprint density at radius 3 is 2.88 bits per heavy atom. The molecule has 0 radical (unpaired) electrons. The van der Waals surface area contributed by atoms with E-state index in [9.17, 15) is 0 Å². The molecule has 0 saturated heterocycles. The van der Waals surface area contributed by atoms with E-state index >= 15 is 0 Å². The van der Waals surface area contributed by atoms with Gasteiger partial charge in [0, 0.05) is 16.8 Å². The van der Waals surface area contributed by atoms with Gasteiger partial charge in [0.1, 0.15) is 0 Å². The summed E-state index contributed by atoms with van der Waals surface area (Å²) in [4.78, 5) is 4.57. The lowest BCUT2D eigenvalue weighted by molar-refractivity contribution is 0.687. The summed E-state index contributed by atoms with van der Waals surface area (Å²) in [6.45, 7) is 7.50. The third-order valence-corrected chi connectivity index (χ3v) is 4.30. The third kappa shape index (κ3) is 2.53. The van der Waals surface area contributed by atoms with E-state index in [1.54, 1.807) is 0 Å². The number of hydrogen-bond donors (Lipinski definition) is 1. The largest absolute Gasteiger partial charge is 0.337 e. The molecule has 0 aliphatic carbocycles. The highest BCUT2D eigenvalue weighted by molar-refractivity contribution is 7.71. The van der Waals surface area contributed by atoms with Gasteiger partial charge in [0.15, 0.2) is 4.77 Å². The minimum atomic E-state index is 0.494. The van der Waals surface area contributed by atoms with Crippen LogP contribution in [0.15, 0.2) is 17.6 Å². The summed E-state index contributed by atoms with van der Waals surface area (Å²) >= 11 is 7.18. The van der Waals surface area contributed by atoms with Gasteiger partial charge in [-0.05, 0) is 41.6 Å². The van der Waals surface area contributed by atoms with E-state index in [1.165, 1.54) is 16.1 Å². The van der Waals surface area contributed by atoms with Crippen LogP contribution in [0.5, 0.6) is 0 Å². The van der Waals surface area contributed by atoms with Crippen LogP contribution in [0, 0.1) is 4.77 Å². The van der Waals surface area contributed by atoms with E-state index < -0.39 is 0 Å². The molecule has 2 aromatic heterocycles. The van der Waals surface area contributed by atoms with Gasteiger partial charge in [-0.15, -0.1) is 11.3 Å². The van der Waals surface area contributed by atoms with Crippen molar-refractivity contribution in [2.45, 2.75) is 39.7 Å². The zero-order valence-electron chi connectivity index (χ0n) is 10.5. The molecule has 2 nitrogen and oxygen atoms in total. The number of aromatic nitrogens is 2. The van der Waals surface area contributed by atoms with E-state index in [1.807, 2.05) is 17.5 Å². The highest BCUT2D eigenvalue weighted by Gasteiger charge is 2.10. The van der Waals surface area contributed by atoms with Crippen LogP contribution in [0.25, 0.3) is 0 Å². The zero-order chi connectivity index (χ0) is 12.4. The first-order valence-electron chi connectivity index (χ1n) is 5.96. The van der Waals surface area contributed by atoms with Crippen molar-refractivity contribution in [1.29, 1.82) is 0 Å². The van der Waals surface area contributed by atoms with E-state index in [0.29, 0.717) is 5.92 Å². The van der Waals surface area contributed by atoms with Crippen LogP contribution in [0.1, 0.15) is 42.8 Å². The van der Waals surface area contributed by atoms with E-state index in [-0.39, 0.29) is 0 Å². The topological polar surface area (TPSA) is 20.7 Å². The molecule has 92 valence electrons. The SMILES string of the molecule is CCc1ccsc1Cn1c(C(C)C)c[nH]c1=S. The molecular weight excluding hydrogens is 248 g/mol. The molecule has 4 heteroatoms. The molecule has 0 unspecified atom stereocenters. The zero-order valence-corrected chi connectivity index (χ0v) is 12.1. The summed E-state index contributed by atoms with van der Waals surface area (Å²) in [5, 5.41) is 2.17. The fraction of sp³-hybridized carbons (Fsp3) is 0.462. The van der Waals surface area contributed by atoms with Crippen molar-refractivity contribution in [3.8, 4) is 0 Å². The average Bonchev–Trinajstić information content (AvgIpc) is 2.87.